The van der Waals surface area contributed by atoms with Gasteiger partial charge in [0.05, 0.1) is 11.8 Å². The van der Waals surface area contributed by atoms with E-state index in [9.17, 15) is 4.79 Å². The first-order valence-electron chi connectivity index (χ1n) is 3.45. The molecule has 10 heavy (non-hydrogen) atoms. The van der Waals surface area contributed by atoms with Crippen molar-refractivity contribution in [3.63, 3.8) is 0 Å². The van der Waals surface area contributed by atoms with Gasteiger partial charge in [-0.15, -0.1) is 0 Å². The summed E-state index contributed by atoms with van der Waals surface area (Å²) < 4.78 is 0. The SMILES string of the molecule is O=C1[C@@H]2C=CC=C[C@H]1C=C2. The molecule has 0 spiro atoms. The first-order chi connectivity index (χ1) is 4.88. The number of allylic oxidation sites excluding steroid dienone is 6. The van der Waals surface area contributed by atoms with Crippen LogP contribution in [0.2, 0.25) is 0 Å². The fraction of sp³-hybridized carbons (Fsp3) is 0.222. The van der Waals surface area contributed by atoms with Crippen molar-refractivity contribution in [2.24, 2.45) is 11.8 Å². The van der Waals surface area contributed by atoms with Crippen LogP contribution in [0.1, 0.15) is 0 Å². The second kappa shape index (κ2) is 1.94. The van der Waals surface area contributed by atoms with Crippen molar-refractivity contribution >= 4 is 5.78 Å². The van der Waals surface area contributed by atoms with Gasteiger partial charge < -0.3 is 0 Å². The van der Waals surface area contributed by atoms with Crippen LogP contribution in [0.3, 0.4) is 0 Å². The summed E-state index contributed by atoms with van der Waals surface area (Å²) in [6, 6.07) is 0. The summed E-state index contributed by atoms with van der Waals surface area (Å²) >= 11 is 0. The second-order valence-electron chi connectivity index (χ2n) is 2.61. The van der Waals surface area contributed by atoms with Crippen LogP contribution >= 0.6 is 0 Å². The van der Waals surface area contributed by atoms with E-state index in [0.717, 1.165) is 0 Å². The zero-order valence-electron chi connectivity index (χ0n) is 5.53. The predicted octanol–water partition coefficient (Wildman–Crippen LogP) is 1.48. The van der Waals surface area contributed by atoms with Crippen LogP contribution < -0.4 is 0 Å². The lowest BCUT2D eigenvalue weighted by atomic mass is 10.0. The summed E-state index contributed by atoms with van der Waals surface area (Å²) in [4.78, 5) is 11.2. The van der Waals surface area contributed by atoms with E-state index in [-0.39, 0.29) is 11.8 Å². The van der Waals surface area contributed by atoms with Gasteiger partial charge in [0.15, 0.2) is 5.78 Å². The van der Waals surface area contributed by atoms with Crippen molar-refractivity contribution in [3.8, 4) is 0 Å². The van der Waals surface area contributed by atoms with Crippen LogP contribution in [0.5, 0.6) is 0 Å². The molecule has 1 nitrogen and oxygen atoms in total. The molecule has 2 rings (SSSR count). The minimum atomic E-state index is 0.0556. The van der Waals surface area contributed by atoms with Crippen molar-refractivity contribution < 1.29 is 4.79 Å². The van der Waals surface area contributed by atoms with E-state index < -0.39 is 0 Å². The third-order valence-electron chi connectivity index (χ3n) is 1.93. The molecule has 0 saturated carbocycles. The maximum absolute atomic E-state index is 11.2. The zero-order chi connectivity index (χ0) is 6.97. The minimum absolute atomic E-state index is 0.0556. The van der Waals surface area contributed by atoms with Gasteiger partial charge in [0.25, 0.3) is 0 Å². The van der Waals surface area contributed by atoms with E-state index >= 15 is 0 Å². The Morgan fingerprint density at radius 1 is 0.900 bits per heavy atom. The molecule has 0 unspecified atom stereocenters. The standard InChI is InChI=1S/C9H8O/c10-9-7-3-1-2-4-8(9)6-5-7/h1-8H/t7-,8+. The Hall–Kier alpha value is -1.11. The summed E-state index contributed by atoms with van der Waals surface area (Å²) in [5.74, 6) is 0.421. The first kappa shape index (κ1) is 5.66. The molecule has 0 N–H and O–H groups in total. The zero-order valence-corrected chi connectivity index (χ0v) is 5.53. The average molecular weight is 132 g/mol. The lowest BCUT2D eigenvalue weighted by molar-refractivity contribution is -0.120. The fourth-order valence-electron chi connectivity index (χ4n) is 1.34. The third-order valence-corrected chi connectivity index (χ3v) is 1.93. The molecular formula is C9H8O. The molecule has 2 atom stereocenters. The van der Waals surface area contributed by atoms with Crippen LogP contribution in [0.4, 0.5) is 0 Å². The Kier molecular flexibility index (Phi) is 1.10. The average Bonchev–Trinajstić information content (AvgIpc) is 2.06. The maximum Gasteiger partial charge on any atom is 0.154 e. The first-order valence-corrected chi connectivity index (χ1v) is 3.45. The van der Waals surface area contributed by atoms with Crippen LogP contribution in [-0.2, 0) is 4.79 Å². The van der Waals surface area contributed by atoms with Gasteiger partial charge in [0, 0.05) is 0 Å². The number of ketones is 1. The largest absolute Gasteiger partial charge is 0.298 e. The van der Waals surface area contributed by atoms with Crippen LogP contribution in [0, 0.1) is 11.8 Å². The van der Waals surface area contributed by atoms with Crippen molar-refractivity contribution in [1.82, 2.24) is 0 Å². The van der Waals surface area contributed by atoms with Crippen molar-refractivity contribution in [1.29, 1.82) is 0 Å². The highest BCUT2D eigenvalue weighted by Crippen LogP contribution is 2.23. The Morgan fingerprint density at radius 2 is 1.40 bits per heavy atom. The van der Waals surface area contributed by atoms with Crippen molar-refractivity contribution in [2.45, 2.75) is 0 Å². The van der Waals surface area contributed by atoms with E-state index in [0.29, 0.717) is 5.78 Å². The van der Waals surface area contributed by atoms with Gasteiger partial charge >= 0.3 is 0 Å². The highest BCUT2D eigenvalue weighted by Gasteiger charge is 2.25. The fourth-order valence-corrected chi connectivity index (χ4v) is 1.34. The molecule has 0 saturated heterocycles. The number of rotatable bonds is 0. The molecule has 50 valence electrons. The smallest absolute Gasteiger partial charge is 0.154 e. The summed E-state index contributed by atoms with van der Waals surface area (Å²) in [5.41, 5.74) is 0. The molecule has 2 aliphatic rings. The monoisotopic (exact) mass is 132 g/mol. The summed E-state index contributed by atoms with van der Waals surface area (Å²) in [6.45, 7) is 0. The van der Waals surface area contributed by atoms with E-state index in [1.54, 1.807) is 0 Å². The molecule has 0 aromatic carbocycles. The lowest BCUT2D eigenvalue weighted by Crippen LogP contribution is -2.10. The maximum atomic E-state index is 11.2. The summed E-state index contributed by atoms with van der Waals surface area (Å²) in [6.07, 6.45) is 11.7. The predicted molar refractivity (Wildman–Crippen MR) is 39.4 cm³/mol. The molecule has 0 fully saturated rings. The highest BCUT2D eigenvalue weighted by molar-refractivity contribution is 5.92. The molecule has 0 radical (unpaired) electrons. The number of hydrogen-bond acceptors (Lipinski definition) is 1. The van der Waals surface area contributed by atoms with Crippen molar-refractivity contribution in [2.75, 3.05) is 0 Å². The number of Topliss-reactive ketones (excluding diaryl/α,β-unsaturated/α-hetero) is 1. The van der Waals surface area contributed by atoms with Gasteiger partial charge in [-0.3, -0.25) is 4.79 Å². The van der Waals surface area contributed by atoms with Crippen molar-refractivity contribution in [3.05, 3.63) is 36.5 Å². The topological polar surface area (TPSA) is 17.1 Å². The molecule has 0 heterocycles. The molecule has 2 aliphatic carbocycles. The highest BCUT2D eigenvalue weighted by atomic mass is 16.1. The van der Waals surface area contributed by atoms with Gasteiger partial charge in [0.1, 0.15) is 0 Å². The summed E-state index contributed by atoms with van der Waals surface area (Å²) in [5, 5.41) is 0. The van der Waals surface area contributed by atoms with Gasteiger partial charge in [-0.1, -0.05) is 36.5 Å². The van der Waals surface area contributed by atoms with E-state index in [4.69, 9.17) is 0 Å². The number of carbonyl (C=O) groups is 1. The van der Waals surface area contributed by atoms with Crippen LogP contribution in [-0.4, -0.2) is 5.78 Å². The van der Waals surface area contributed by atoms with E-state index in [2.05, 4.69) is 0 Å². The number of hydrogen-bond donors (Lipinski definition) is 0. The Bertz CT molecular complexity index is 221. The van der Waals surface area contributed by atoms with Gasteiger partial charge in [-0.2, -0.15) is 0 Å². The van der Waals surface area contributed by atoms with Crippen LogP contribution in [0.15, 0.2) is 36.5 Å². The van der Waals surface area contributed by atoms with Gasteiger partial charge in [-0.25, -0.2) is 0 Å². The molecule has 2 bridgehead atoms. The van der Waals surface area contributed by atoms with Crippen LogP contribution in [0.25, 0.3) is 0 Å². The molecule has 0 amide bonds. The Labute approximate surface area is 59.7 Å². The summed E-state index contributed by atoms with van der Waals surface area (Å²) in [7, 11) is 0. The molecule has 0 aromatic rings. The number of fused-ring (bicyclic) bond motifs is 2. The second-order valence-corrected chi connectivity index (χ2v) is 2.61. The molecule has 0 aliphatic heterocycles. The minimum Gasteiger partial charge on any atom is -0.298 e. The normalized spacial score (nSPS) is 35.0. The quantitative estimate of drug-likeness (QED) is 0.456. The van der Waals surface area contributed by atoms with Gasteiger partial charge in [-0.05, 0) is 0 Å². The Balaban J connectivity index is 2.44. The van der Waals surface area contributed by atoms with Gasteiger partial charge in [0.2, 0.25) is 0 Å². The third kappa shape index (κ3) is 0.670. The number of carbonyl (C=O) groups excluding carboxylic acids is 1. The Morgan fingerprint density at radius 3 is 1.90 bits per heavy atom. The molecule has 1 heteroatoms. The lowest BCUT2D eigenvalue weighted by Gasteiger charge is -1.98. The van der Waals surface area contributed by atoms with E-state index in [1.807, 2.05) is 36.5 Å². The molecule has 0 aromatic heterocycles. The van der Waals surface area contributed by atoms with E-state index in [1.165, 1.54) is 0 Å². The molecular weight excluding hydrogens is 124 g/mol.